The van der Waals surface area contributed by atoms with E-state index in [2.05, 4.69) is 32.6 Å². The number of nitrogens with zero attached hydrogens (tertiary/aromatic N) is 1. The van der Waals surface area contributed by atoms with E-state index < -0.39 is 0 Å². The van der Waals surface area contributed by atoms with Crippen LogP contribution in [0, 0.1) is 23.2 Å². The van der Waals surface area contributed by atoms with Crippen LogP contribution in [0.25, 0.3) is 0 Å². The summed E-state index contributed by atoms with van der Waals surface area (Å²) in [6.45, 7) is 12.6. The molecule has 0 aromatic rings. The summed E-state index contributed by atoms with van der Waals surface area (Å²) in [6, 6.07) is 0.0658. The van der Waals surface area contributed by atoms with Gasteiger partial charge in [0.15, 0.2) is 0 Å². The van der Waals surface area contributed by atoms with Gasteiger partial charge >= 0.3 is 5.97 Å². The van der Waals surface area contributed by atoms with Crippen LogP contribution in [0.15, 0.2) is 11.1 Å². The van der Waals surface area contributed by atoms with Crippen LogP contribution >= 0.6 is 0 Å². The smallest absolute Gasteiger partial charge is 0.334 e. The number of ketones is 1. The van der Waals surface area contributed by atoms with Crippen LogP contribution in [0.2, 0.25) is 0 Å². The number of hydrogen-bond donors (Lipinski definition) is 0. The lowest BCUT2D eigenvalue weighted by molar-refractivity contribution is -0.153. The highest BCUT2D eigenvalue weighted by Crippen LogP contribution is 2.63. The summed E-state index contributed by atoms with van der Waals surface area (Å²) in [5.41, 5.74) is 2.35. The maximum Gasteiger partial charge on any atom is 0.334 e. The van der Waals surface area contributed by atoms with Gasteiger partial charge in [0.05, 0.1) is 12.6 Å². The van der Waals surface area contributed by atoms with Crippen molar-refractivity contribution in [1.82, 2.24) is 4.90 Å². The number of ether oxygens (including phenoxy) is 1. The Labute approximate surface area is 170 Å². The molecule has 0 amide bonds. The molecule has 4 nitrogen and oxygen atoms in total. The number of hydrogen-bond acceptors (Lipinski definition) is 4. The number of carbonyl (C=O) groups is 2. The van der Waals surface area contributed by atoms with Crippen molar-refractivity contribution in [2.45, 2.75) is 91.1 Å². The van der Waals surface area contributed by atoms with Crippen LogP contribution < -0.4 is 0 Å². The van der Waals surface area contributed by atoms with Gasteiger partial charge in [0.25, 0.3) is 0 Å². The van der Waals surface area contributed by atoms with Crippen molar-refractivity contribution in [3.63, 3.8) is 0 Å². The minimum absolute atomic E-state index is 0.0370. The van der Waals surface area contributed by atoms with Crippen LogP contribution in [0.5, 0.6) is 0 Å². The van der Waals surface area contributed by atoms with Gasteiger partial charge in [0, 0.05) is 22.9 Å². The Morgan fingerprint density at radius 2 is 1.96 bits per heavy atom. The lowest BCUT2D eigenvalue weighted by Crippen LogP contribution is -2.67. The molecule has 4 aliphatic rings. The predicted molar refractivity (Wildman–Crippen MR) is 110 cm³/mol. The first-order valence-electron chi connectivity index (χ1n) is 11.4. The molecule has 28 heavy (non-hydrogen) atoms. The van der Waals surface area contributed by atoms with Gasteiger partial charge in [-0.25, -0.2) is 4.79 Å². The summed E-state index contributed by atoms with van der Waals surface area (Å²) in [5.74, 6) is 2.17. The third kappa shape index (κ3) is 2.74. The monoisotopic (exact) mass is 387 g/mol. The largest absolute Gasteiger partial charge is 0.462 e. The highest BCUT2D eigenvalue weighted by Gasteiger charge is 2.60. The van der Waals surface area contributed by atoms with Gasteiger partial charge in [0.1, 0.15) is 5.78 Å². The molecule has 0 bridgehead atoms. The molecule has 0 N–H and O–H groups in total. The van der Waals surface area contributed by atoms with Crippen molar-refractivity contribution in [3.8, 4) is 0 Å². The molecule has 2 aliphatic carbocycles. The van der Waals surface area contributed by atoms with Gasteiger partial charge in [-0.05, 0) is 83.6 Å². The maximum atomic E-state index is 12.9. The highest BCUT2D eigenvalue weighted by atomic mass is 16.5. The molecule has 0 aromatic carbocycles. The molecule has 0 aromatic heterocycles. The van der Waals surface area contributed by atoms with E-state index >= 15 is 0 Å². The second-order valence-corrected chi connectivity index (χ2v) is 10.3. The van der Waals surface area contributed by atoms with E-state index in [0.717, 1.165) is 57.1 Å². The molecule has 0 radical (unpaired) electrons. The second-order valence-electron chi connectivity index (χ2n) is 10.3. The predicted octanol–water partition coefficient (Wildman–Crippen LogP) is 4.52. The first-order valence-corrected chi connectivity index (χ1v) is 11.4. The van der Waals surface area contributed by atoms with Crippen molar-refractivity contribution in [2.75, 3.05) is 13.2 Å². The molecule has 1 unspecified atom stereocenters. The molecular formula is C24H37NO3. The summed E-state index contributed by atoms with van der Waals surface area (Å²) < 4.78 is 5.58. The van der Waals surface area contributed by atoms with Gasteiger partial charge in [-0.3, -0.25) is 9.69 Å². The number of carbonyl (C=O) groups excluding carboxylic acids is 2. The standard InChI is InChI=1S/C24H37NO3/c1-6-13-28-22(27)21-15(2)14-19-17-9-12-25-16(3)20(26)8-11-24(25,5)18(17)7-10-23(19,21)4/h16-19H,6-14H2,1-5H3/t16?,17-,18-,19+,23+,24-/m1/s1. The first-order chi connectivity index (χ1) is 13.2. The number of Topliss-reactive ketones (excluding diaryl/α,β-unsaturated/α-hetero) is 1. The van der Waals surface area contributed by atoms with Gasteiger partial charge < -0.3 is 4.74 Å². The molecule has 4 rings (SSSR count). The minimum atomic E-state index is -0.0664. The first kappa shape index (κ1) is 20.1. The van der Waals surface area contributed by atoms with Crippen molar-refractivity contribution in [2.24, 2.45) is 23.2 Å². The number of esters is 1. The van der Waals surface area contributed by atoms with Gasteiger partial charge in [-0.1, -0.05) is 19.4 Å². The number of allylic oxidation sites excluding steroid dienone is 1. The molecule has 156 valence electrons. The molecule has 1 saturated carbocycles. The van der Waals surface area contributed by atoms with E-state index in [0.29, 0.717) is 30.1 Å². The minimum Gasteiger partial charge on any atom is -0.462 e. The van der Waals surface area contributed by atoms with Crippen molar-refractivity contribution in [3.05, 3.63) is 11.1 Å². The number of piperidine rings is 2. The fourth-order valence-corrected chi connectivity index (χ4v) is 7.54. The number of rotatable bonds is 3. The van der Waals surface area contributed by atoms with Crippen LogP contribution in [0.4, 0.5) is 0 Å². The average molecular weight is 388 g/mol. The van der Waals surface area contributed by atoms with E-state index in [-0.39, 0.29) is 23.0 Å². The Hall–Kier alpha value is -1.16. The van der Waals surface area contributed by atoms with Crippen LogP contribution in [0.1, 0.15) is 79.6 Å². The Morgan fingerprint density at radius 1 is 1.21 bits per heavy atom. The molecule has 0 spiro atoms. The third-order valence-electron chi connectivity index (χ3n) is 8.96. The summed E-state index contributed by atoms with van der Waals surface area (Å²) in [7, 11) is 0. The second kappa shape index (κ2) is 6.97. The summed E-state index contributed by atoms with van der Waals surface area (Å²) >= 11 is 0. The van der Waals surface area contributed by atoms with E-state index in [1.165, 1.54) is 5.57 Å². The van der Waals surface area contributed by atoms with Crippen molar-refractivity contribution in [1.29, 1.82) is 0 Å². The fourth-order valence-electron chi connectivity index (χ4n) is 7.54. The van der Waals surface area contributed by atoms with Crippen LogP contribution in [0.3, 0.4) is 0 Å². The van der Waals surface area contributed by atoms with E-state index in [9.17, 15) is 9.59 Å². The average Bonchev–Trinajstić information content (AvgIpc) is 2.93. The zero-order valence-corrected chi connectivity index (χ0v) is 18.3. The summed E-state index contributed by atoms with van der Waals surface area (Å²) in [4.78, 5) is 27.7. The van der Waals surface area contributed by atoms with E-state index in [4.69, 9.17) is 4.74 Å². The molecular weight excluding hydrogens is 350 g/mol. The topological polar surface area (TPSA) is 46.6 Å². The van der Waals surface area contributed by atoms with Crippen LogP contribution in [-0.4, -0.2) is 41.4 Å². The van der Waals surface area contributed by atoms with Gasteiger partial charge in [-0.15, -0.1) is 0 Å². The zero-order valence-electron chi connectivity index (χ0n) is 18.3. The Kier molecular flexibility index (Phi) is 5.01. The molecule has 2 heterocycles. The van der Waals surface area contributed by atoms with E-state index in [1.54, 1.807) is 0 Å². The van der Waals surface area contributed by atoms with Crippen molar-refractivity contribution < 1.29 is 14.3 Å². The summed E-state index contributed by atoms with van der Waals surface area (Å²) in [6.07, 6.45) is 7.02. The Morgan fingerprint density at radius 3 is 2.68 bits per heavy atom. The lowest BCUT2D eigenvalue weighted by atomic mass is 9.51. The maximum absolute atomic E-state index is 12.9. The summed E-state index contributed by atoms with van der Waals surface area (Å²) in [5, 5.41) is 0. The van der Waals surface area contributed by atoms with E-state index in [1.807, 2.05) is 6.92 Å². The normalized spacial score (nSPS) is 43.4. The number of fused-ring (bicyclic) bond motifs is 5. The zero-order chi connectivity index (χ0) is 20.3. The lowest BCUT2D eigenvalue weighted by Gasteiger charge is -2.62. The van der Waals surface area contributed by atoms with Gasteiger partial charge in [0.2, 0.25) is 0 Å². The van der Waals surface area contributed by atoms with Gasteiger partial charge in [-0.2, -0.15) is 0 Å². The molecule has 6 atom stereocenters. The van der Waals surface area contributed by atoms with Crippen LogP contribution in [-0.2, 0) is 14.3 Å². The molecule has 4 heteroatoms. The molecule has 2 saturated heterocycles. The fraction of sp³-hybridized carbons (Fsp3) is 0.833. The molecule has 2 aliphatic heterocycles. The highest BCUT2D eigenvalue weighted by molar-refractivity contribution is 5.91. The van der Waals surface area contributed by atoms with Crippen molar-refractivity contribution >= 4 is 11.8 Å². The Balaban J connectivity index is 1.61. The SMILES string of the molecule is CCCOC(=O)C1=C(C)C[C@H]2[C@@H]3CCN4C(C)C(=O)CC[C@]4(C)[C@@H]3CC[C@]12C. The quantitative estimate of drug-likeness (QED) is 0.668. The molecule has 3 fully saturated rings. The Bertz CT molecular complexity index is 713. The third-order valence-corrected chi connectivity index (χ3v) is 8.96.